The van der Waals surface area contributed by atoms with Crippen molar-refractivity contribution in [3.63, 3.8) is 0 Å². The summed E-state index contributed by atoms with van der Waals surface area (Å²) < 4.78 is 0. The molecule has 0 unspecified atom stereocenters. The van der Waals surface area contributed by atoms with Crippen molar-refractivity contribution in [3.8, 4) is 0 Å². The smallest absolute Gasteiger partial charge is 0.0273 e. The molecular weight excluding hydrogens is 214 g/mol. The van der Waals surface area contributed by atoms with E-state index in [1.165, 1.54) is 15.3 Å². The van der Waals surface area contributed by atoms with Gasteiger partial charge in [0.15, 0.2) is 0 Å². The molecule has 0 aliphatic rings. The van der Waals surface area contributed by atoms with Gasteiger partial charge in [0.1, 0.15) is 0 Å². The molecule has 2 heteroatoms. The Balaban J connectivity index is 2.50. The predicted octanol–water partition coefficient (Wildman–Crippen LogP) is 4.10. The lowest BCUT2D eigenvalue weighted by molar-refractivity contribution is 0.569. The fourth-order valence-electron chi connectivity index (χ4n) is 1.53. The highest BCUT2D eigenvalue weighted by molar-refractivity contribution is 7.12. The van der Waals surface area contributed by atoms with Crippen molar-refractivity contribution in [3.05, 3.63) is 27.5 Å². The van der Waals surface area contributed by atoms with E-state index in [-0.39, 0.29) is 0 Å². The second-order valence-corrected chi connectivity index (χ2v) is 5.95. The SMILES string of the molecule is CCC(=Cc1ccc(C)s1)CNCC(C)C. The second-order valence-electron chi connectivity index (χ2n) is 4.63. The van der Waals surface area contributed by atoms with Crippen molar-refractivity contribution in [2.75, 3.05) is 13.1 Å². The Kier molecular flexibility index (Phi) is 5.78. The van der Waals surface area contributed by atoms with E-state index in [0.717, 1.165) is 25.4 Å². The van der Waals surface area contributed by atoms with Crippen LogP contribution in [0, 0.1) is 12.8 Å². The lowest BCUT2D eigenvalue weighted by Gasteiger charge is -2.09. The van der Waals surface area contributed by atoms with Crippen molar-refractivity contribution in [2.24, 2.45) is 5.92 Å². The summed E-state index contributed by atoms with van der Waals surface area (Å²) in [5.74, 6) is 0.724. The van der Waals surface area contributed by atoms with E-state index in [0.29, 0.717) is 0 Å². The summed E-state index contributed by atoms with van der Waals surface area (Å²) in [6, 6.07) is 4.39. The summed E-state index contributed by atoms with van der Waals surface area (Å²) in [6.45, 7) is 11.0. The monoisotopic (exact) mass is 237 g/mol. The molecule has 1 aromatic rings. The third kappa shape index (κ3) is 4.95. The van der Waals surface area contributed by atoms with E-state index in [1.54, 1.807) is 0 Å². The van der Waals surface area contributed by atoms with Gasteiger partial charge in [-0.25, -0.2) is 0 Å². The van der Waals surface area contributed by atoms with Crippen molar-refractivity contribution in [2.45, 2.75) is 34.1 Å². The van der Waals surface area contributed by atoms with Gasteiger partial charge < -0.3 is 5.32 Å². The number of aryl methyl sites for hydroxylation is 1. The number of rotatable bonds is 6. The molecule has 0 aliphatic carbocycles. The summed E-state index contributed by atoms with van der Waals surface area (Å²) in [6.07, 6.45) is 3.45. The van der Waals surface area contributed by atoms with Crippen molar-refractivity contribution in [1.29, 1.82) is 0 Å². The van der Waals surface area contributed by atoms with Crippen LogP contribution in [0.4, 0.5) is 0 Å². The lowest BCUT2D eigenvalue weighted by Crippen LogP contribution is -2.21. The molecule has 0 amide bonds. The van der Waals surface area contributed by atoms with E-state index >= 15 is 0 Å². The zero-order valence-electron chi connectivity index (χ0n) is 10.8. The number of hydrogen-bond acceptors (Lipinski definition) is 2. The normalized spacial score (nSPS) is 12.4. The van der Waals surface area contributed by atoms with Gasteiger partial charge in [0, 0.05) is 16.3 Å². The maximum absolute atomic E-state index is 3.50. The topological polar surface area (TPSA) is 12.0 Å². The Morgan fingerprint density at radius 1 is 1.44 bits per heavy atom. The van der Waals surface area contributed by atoms with Gasteiger partial charge in [-0.2, -0.15) is 0 Å². The molecule has 0 atom stereocenters. The Hall–Kier alpha value is -0.600. The maximum atomic E-state index is 3.50. The number of nitrogens with one attached hydrogen (secondary N) is 1. The Morgan fingerprint density at radius 3 is 2.69 bits per heavy atom. The molecule has 1 aromatic heterocycles. The van der Waals surface area contributed by atoms with Crippen LogP contribution in [0.1, 0.15) is 36.9 Å². The van der Waals surface area contributed by atoms with Gasteiger partial charge in [-0.05, 0) is 44.0 Å². The minimum absolute atomic E-state index is 0.724. The largest absolute Gasteiger partial charge is 0.313 e. The summed E-state index contributed by atoms with van der Waals surface area (Å²) in [4.78, 5) is 2.76. The van der Waals surface area contributed by atoms with Crippen LogP contribution >= 0.6 is 11.3 Å². The standard InChI is InChI=1S/C14H23NS/c1-5-13(10-15-9-11(2)3)8-14-7-6-12(4)16-14/h6-8,11,15H,5,9-10H2,1-4H3. The van der Waals surface area contributed by atoms with Crippen LogP contribution in [0.25, 0.3) is 6.08 Å². The molecular formula is C14H23NS. The minimum atomic E-state index is 0.724. The third-order valence-electron chi connectivity index (χ3n) is 2.47. The van der Waals surface area contributed by atoms with Crippen LogP contribution in [-0.2, 0) is 0 Å². The number of hydrogen-bond donors (Lipinski definition) is 1. The predicted molar refractivity (Wildman–Crippen MR) is 75.0 cm³/mol. The molecule has 16 heavy (non-hydrogen) atoms. The van der Waals surface area contributed by atoms with Crippen LogP contribution < -0.4 is 5.32 Å². The molecule has 1 N–H and O–H groups in total. The van der Waals surface area contributed by atoms with E-state index in [4.69, 9.17) is 0 Å². The molecule has 0 aromatic carbocycles. The summed E-state index contributed by atoms with van der Waals surface area (Å²) in [5.41, 5.74) is 1.49. The van der Waals surface area contributed by atoms with Crippen LogP contribution in [-0.4, -0.2) is 13.1 Å². The van der Waals surface area contributed by atoms with E-state index in [2.05, 4.69) is 51.2 Å². The number of thiophene rings is 1. The van der Waals surface area contributed by atoms with E-state index in [1.807, 2.05) is 11.3 Å². The highest BCUT2D eigenvalue weighted by Gasteiger charge is 1.98. The van der Waals surface area contributed by atoms with Crippen LogP contribution in [0.15, 0.2) is 17.7 Å². The van der Waals surface area contributed by atoms with Gasteiger partial charge in [0.2, 0.25) is 0 Å². The fraction of sp³-hybridized carbons (Fsp3) is 0.571. The first-order valence-electron chi connectivity index (χ1n) is 6.08. The molecule has 0 spiro atoms. The molecule has 1 rings (SSSR count). The first kappa shape index (κ1) is 13.5. The molecule has 0 saturated heterocycles. The van der Waals surface area contributed by atoms with Crippen LogP contribution in [0.5, 0.6) is 0 Å². The van der Waals surface area contributed by atoms with Gasteiger partial charge in [0.05, 0.1) is 0 Å². The summed E-state index contributed by atoms with van der Waals surface area (Å²) in [5, 5.41) is 3.50. The van der Waals surface area contributed by atoms with Crippen LogP contribution in [0.2, 0.25) is 0 Å². The fourth-order valence-corrected chi connectivity index (χ4v) is 2.40. The Morgan fingerprint density at radius 2 is 2.19 bits per heavy atom. The molecule has 90 valence electrons. The first-order chi connectivity index (χ1) is 7.61. The second kappa shape index (κ2) is 6.87. The van der Waals surface area contributed by atoms with Gasteiger partial charge in [-0.15, -0.1) is 11.3 Å². The average Bonchev–Trinajstić information content (AvgIpc) is 2.62. The molecule has 0 saturated carbocycles. The molecule has 0 aliphatic heterocycles. The minimum Gasteiger partial charge on any atom is -0.313 e. The van der Waals surface area contributed by atoms with Crippen molar-refractivity contribution < 1.29 is 0 Å². The van der Waals surface area contributed by atoms with Gasteiger partial charge >= 0.3 is 0 Å². The van der Waals surface area contributed by atoms with E-state index in [9.17, 15) is 0 Å². The van der Waals surface area contributed by atoms with Gasteiger partial charge in [-0.3, -0.25) is 0 Å². The maximum Gasteiger partial charge on any atom is 0.0273 e. The van der Waals surface area contributed by atoms with Gasteiger partial charge in [0.25, 0.3) is 0 Å². The molecule has 0 radical (unpaired) electrons. The van der Waals surface area contributed by atoms with Crippen molar-refractivity contribution in [1.82, 2.24) is 5.32 Å². The lowest BCUT2D eigenvalue weighted by atomic mass is 10.1. The zero-order chi connectivity index (χ0) is 12.0. The van der Waals surface area contributed by atoms with Crippen molar-refractivity contribution >= 4 is 17.4 Å². The third-order valence-corrected chi connectivity index (χ3v) is 3.41. The average molecular weight is 237 g/mol. The summed E-state index contributed by atoms with van der Waals surface area (Å²) in [7, 11) is 0. The van der Waals surface area contributed by atoms with E-state index < -0.39 is 0 Å². The Labute approximate surface area is 104 Å². The zero-order valence-corrected chi connectivity index (χ0v) is 11.7. The first-order valence-corrected chi connectivity index (χ1v) is 6.90. The van der Waals surface area contributed by atoms with Gasteiger partial charge in [-0.1, -0.05) is 26.3 Å². The molecule has 0 bridgehead atoms. The highest BCUT2D eigenvalue weighted by atomic mass is 32.1. The summed E-state index contributed by atoms with van der Waals surface area (Å²) >= 11 is 1.87. The highest BCUT2D eigenvalue weighted by Crippen LogP contribution is 2.19. The van der Waals surface area contributed by atoms with Crippen LogP contribution in [0.3, 0.4) is 0 Å². The quantitative estimate of drug-likeness (QED) is 0.785. The molecule has 0 fully saturated rings. The molecule has 1 heterocycles. The molecule has 1 nitrogen and oxygen atoms in total. The Bertz CT molecular complexity index is 336.